The monoisotopic (exact) mass is 450 g/mol. The van der Waals surface area contributed by atoms with Crippen LogP contribution in [0.25, 0.3) is 0 Å². The molecule has 2 heterocycles. The Hall–Kier alpha value is -3.88. The fourth-order valence-corrected chi connectivity index (χ4v) is 3.92. The van der Waals surface area contributed by atoms with Crippen molar-refractivity contribution in [2.75, 3.05) is 24.6 Å². The predicted molar refractivity (Wildman–Crippen MR) is 122 cm³/mol. The van der Waals surface area contributed by atoms with Gasteiger partial charge in [0.25, 0.3) is 0 Å². The van der Waals surface area contributed by atoms with Crippen LogP contribution >= 0.6 is 0 Å². The zero-order valence-electron chi connectivity index (χ0n) is 18.2. The van der Waals surface area contributed by atoms with Gasteiger partial charge < -0.3 is 19.6 Å². The number of para-hydroxylation sites is 1. The van der Waals surface area contributed by atoms with Crippen molar-refractivity contribution >= 4 is 35.1 Å². The van der Waals surface area contributed by atoms with Crippen LogP contribution in [0.15, 0.2) is 53.5 Å². The molecule has 2 aromatic carbocycles. The van der Waals surface area contributed by atoms with Crippen molar-refractivity contribution in [2.24, 2.45) is 4.99 Å². The molecule has 0 atom stereocenters. The van der Waals surface area contributed by atoms with Crippen LogP contribution in [0.5, 0.6) is 5.75 Å². The highest BCUT2D eigenvalue weighted by atomic mass is 16.5. The zero-order valence-corrected chi connectivity index (χ0v) is 18.2. The molecule has 0 bridgehead atoms. The Morgan fingerprint density at radius 2 is 1.88 bits per heavy atom. The number of amides is 2. The van der Waals surface area contributed by atoms with Crippen LogP contribution in [0.2, 0.25) is 0 Å². The highest BCUT2D eigenvalue weighted by molar-refractivity contribution is 6.06. The first-order valence-electron chi connectivity index (χ1n) is 11.0. The van der Waals surface area contributed by atoms with E-state index in [0.29, 0.717) is 37.8 Å². The van der Waals surface area contributed by atoms with Crippen LogP contribution in [0.3, 0.4) is 0 Å². The first kappa shape index (κ1) is 22.3. The maximum atomic E-state index is 12.6. The highest BCUT2D eigenvalue weighted by Gasteiger charge is 2.30. The van der Waals surface area contributed by atoms with Crippen molar-refractivity contribution in [3.63, 3.8) is 0 Å². The molecule has 0 saturated carbocycles. The van der Waals surface area contributed by atoms with Gasteiger partial charge in [-0.25, -0.2) is 4.99 Å². The first-order chi connectivity index (χ1) is 16.0. The molecule has 0 radical (unpaired) electrons. The number of aliphatic imine (C=N–C) groups is 1. The van der Waals surface area contributed by atoms with E-state index in [1.165, 1.54) is 4.90 Å². The summed E-state index contributed by atoms with van der Waals surface area (Å²) in [7, 11) is 0. The van der Waals surface area contributed by atoms with Crippen LogP contribution in [0.1, 0.15) is 31.2 Å². The number of carboxylic acid groups (broad SMARTS) is 1. The van der Waals surface area contributed by atoms with Gasteiger partial charge in [-0.2, -0.15) is 0 Å². The molecule has 1 fully saturated rings. The largest absolute Gasteiger partial charge is 0.493 e. The second-order valence-electron chi connectivity index (χ2n) is 7.96. The summed E-state index contributed by atoms with van der Waals surface area (Å²) < 4.78 is 5.98. The number of unbranched alkanes of at least 4 members (excludes halogenated alkanes) is 2. The van der Waals surface area contributed by atoms with Gasteiger partial charge in [-0.05, 0) is 43.5 Å². The highest BCUT2D eigenvalue weighted by Crippen LogP contribution is 2.34. The van der Waals surface area contributed by atoms with Crippen LogP contribution in [0, 0.1) is 0 Å². The van der Waals surface area contributed by atoms with E-state index in [4.69, 9.17) is 9.84 Å². The number of rotatable bonds is 10. The number of carbonyl (C=O) groups excluding carboxylic acids is 2. The number of carbonyl (C=O) groups is 3. The van der Waals surface area contributed by atoms with Crippen molar-refractivity contribution in [2.45, 2.75) is 32.2 Å². The number of hydrogen-bond acceptors (Lipinski definition) is 6. The summed E-state index contributed by atoms with van der Waals surface area (Å²) in [6.07, 6.45) is 2.46. The molecule has 2 aromatic rings. The van der Waals surface area contributed by atoms with E-state index in [0.717, 1.165) is 29.8 Å². The minimum Gasteiger partial charge on any atom is -0.493 e. The minimum atomic E-state index is -1.04. The lowest BCUT2D eigenvalue weighted by Crippen LogP contribution is -2.35. The van der Waals surface area contributed by atoms with Gasteiger partial charge in [0.1, 0.15) is 18.8 Å². The Labute approximate surface area is 191 Å². The van der Waals surface area contributed by atoms with E-state index < -0.39 is 5.97 Å². The van der Waals surface area contributed by atoms with Gasteiger partial charge in [-0.1, -0.05) is 24.3 Å². The maximum absolute atomic E-state index is 12.6. The summed E-state index contributed by atoms with van der Waals surface area (Å²) in [6, 6.07) is 14.5. The summed E-state index contributed by atoms with van der Waals surface area (Å²) in [4.78, 5) is 43.1. The number of anilines is 1. The van der Waals surface area contributed by atoms with Crippen LogP contribution in [0.4, 0.5) is 11.4 Å². The number of benzene rings is 2. The molecule has 9 nitrogen and oxygen atoms in total. The van der Waals surface area contributed by atoms with Crippen LogP contribution in [-0.4, -0.2) is 53.4 Å². The summed E-state index contributed by atoms with van der Waals surface area (Å²) in [6.45, 7) is 1.00. The Kier molecular flexibility index (Phi) is 6.87. The van der Waals surface area contributed by atoms with Gasteiger partial charge in [0.05, 0.1) is 18.8 Å². The SMILES string of the molecule is O=C(O)CN(C(=O)CCCCCOc1cccc2c1CN1CC(=O)NC1=N2)c1ccccc1. The third-order valence-electron chi connectivity index (χ3n) is 5.52. The summed E-state index contributed by atoms with van der Waals surface area (Å²) in [5.41, 5.74) is 2.34. The van der Waals surface area contributed by atoms with Crippen molar-refractivity contribution in [3.05, 3.63) is 54.1 Å². The van der Waals surface area contributed by atoms with Crippen molar-refractivity contribution in [1.29, 1.82) is 0 Å². The molecule has 0 spiro atoms. The Balaban J connectivity index is 1.24. The number of carboxylic acids is 1. The van der Waals surface area contributed by atoms with Gasteiger partial charge in [-0.15, -0.1) is 0 Å². The number of hydrogen-bond donors (Lipinski definition) is 2. The van der Waals surface area contributed by atoms with Crippen LogP contribution in [-0.2, 0) is 20.9 Å². The Bertz CT molecular complexity index is 1070. The molecule has 4 rings (SSSR count). The van der Waals surface area contributed by atoms with Crippen LogP contribution < -0.4 is 15.0 Å². The molecule has 1 saturated heterocycles. The third kappa shape index (κ3) is 5.49. The fourth-order valence-electron chi connectivity index (χ4n) is 3.92. The molecular weight excluding hydrogens is 424 g/mol. The summed E-state index contributed by atoms with van der Waals surface area (Å²) in [5, 5.41) is 11.9. The lowest BCUT2D eigenvalue weighted by atomic mass is 10.1. The maximum Gasteiger partial charge on any atom is 0.323 e. The average Bonchev–Trinajstić information content (AvgIpc) is 3.17. The fraction of sp³-hybridized carbons (Fsp3) is 0.333. The van der Waals surface area contributed by atoms with Crippen molar-refractivity contribution in [1.82, 2.24) is 10.2 Å². The first-order valence-corrected chi connectivity index (χ1v) is 11.0. The normalized spacial score (nSPS) is 14.1. The molecule has 33 heavy (non-hydrogen) atoms. The lowest BCUT2D eigenvalue weighted by Gasteiger charge is -2.24. The molecule has 2 amide bonds. The van der Waals surface area contributed by atoms with Gasteiger partial charge in [-0.3, -0.25) is 19.7 Å². The number of nitrogens with zero attached hydrogens (tertiary/aromatic N) is 3. The molecule has 2 N–H and O–H groups in total. The minimum absolute atomic E-state index is 0.0623. The number of aliphatic carboxylic acids is 1. The Morgan fingerprint density at radius 1 is 1.06 bits per heavy atom. The number of guanidine groups is 1. The molecule has 2 aliphatic rings. The van der Waals surface area contributed by atoms with E-state index in [1.807, 2.05) is 29.2 Å². The van der Waals surface area contributed by atoms with Gasteiger partial charge in [0.2, 0.25) is 17.8 Å². The molecule has 172 valence electrons. The number of ether oxygens (including phenoxy) is 1. The second-order valence-corrected chi connectivity index (χ2v) is 7.96. The van der Waals surface area contributed by atoms with Crippen molar-refractivity contribution < 1.29 is 24.2 Å². The van der Waals surface area contributed by atoms with Crippen molar-refractivity contribution in [3.8, 4) is 5.75 Å². The Morgan fingerprint density at radius 3 is 2.67 bits per heavy atom. The second kappa shape index (κ2) is 10.2. The van der Waals surface area contributed by atoms with Gasteiger partial charge in [0.15, 0.2) is 0 Å². The molecular formula is C24H26N4O5. The predicted octanol–water partition coefficient (Wildman–Crippen LogP) is 2.68. The smallest absolute Gasteiger partial charge is 0.323 e. The lowest BCUT2D eigenvalue weighted by molar-refractivity contribution is -0.136. The summed E-state index contributed by atoms with van der Waals surface area (Å²) in [5.74, 6) is 0.0263. The molecule has 2 aliphatic heterocycles. The topological polar surface area (TPSA) is 112 Å². The average molecular weight is 450 g/mol. The van der Waals surface area contributed by atoms with E-state index in [2.05, 4.69) is 10.3 Å². The summed E-state index contributed by atoms with van der Waals surface area (Å²) >= 11 is 0. The third-order valence-corrected chi connectivity index (χ3v) is 5.52. The molecule has 0 aromatic heterocycles. The zero-order chi connectivity index (χ0) is 23.2. The standard InChI is InChI=1S/C24H26N4O5/c29-21-15-27-14-18-19(25-24(27)26-21)10-7-11-20(18)33-13-6-2-5-12-22(30)28(16-23(31)32)17-8-3-1-4-9-17/h1,3-4,7-11H,2,5-6,12-16H2,(H,31,32)(H,25,26,29). The van der Waals surface area contributed by atoms with E-state index in [1.54, 1.807) is 24.3 Å². The van der Waals surface area contributed by atoms with E-state index >= 15 is 0 Å². The van der Waals surface area contributed by atoms with Gasteiger partial charge >= 0.3 is 5.97 Å². The molecule has 9 heteroatoms. The number of fused-ring (bicyclic) bond motifs is 2. The van der Waals surface area contributed by atoms with E-state index in [9.17, 15) is 14.4 Å². The number of nitrogens with one attached hydrogen (secondary N) is 1. The van der Waals surface area contributed by atoms with E-state index in [-0.39, 0.29) is 24.8 Å². The quantitative estimate of drug-likeness (QED) is 0.539. The molecule has 0 aliphatic carbocycles. The molecule has 0 unspecified atom stereocenters. The van der Waals surface area contributed by atoms with Gasteiger partial charge in [0, 0.05) is 17.7 Å².